The van der Waals surface area contributed by atoms with Crippen LogP contribution in [0, 0.1) is 0 Å². The van der Waals surface area contributed by atoms with E-state index in [4.69, 9.17) is 4.74 Å². The van der Waals surface area contributed by atoms with Gasteiger partial charge in [-0.2, -0.15) is 15.3 Å². The number of ether oxygens (including phenoxy) is 1. The van der Waals surface area contributed by atoms with Gasteiger partial charge in [-0.15, -0.1) is 0 Å². The van der Waals surface area contributed by atoms with Crippen LogP contribution in [0.2, 0.25) is 0 Å². The minimum atomic E-state index is -0.455. The van der Waals surface area contributed by atoms with Crippen molar-refractivity contribution < 1.29 is 9.53 Å². The van der Waals surface area contributed by atoms with Crippen LogP contribution < -0.4 is 0 Å². The van der Waals surface area contributed by atoms with E-state index in [0.717, 1.165) is 0 Å². The summed E-state index contributed by atoms with van der Waals surface area (Å²) in [5.41, 5.74) is 1.41. The second-order valence-corrected chi connectivity index (χ2v) is 4.56. The van der Waals surface area contributed by atoms with E-state index >= 15 is 0 Å². The zero-order valence-corrected chi connectivity index (χ0v) is 12.0. The summed E-state index contributed by atoms with van der Waals surface area (Å²) in [7, 11) is 1.78. The van der Waals surface area contributed by atoms with Crippen molar-refractivity contribution in [2.45, 2.75) is 26.8 Å². The summed E-state index contributed by atoms with van der Waals surface area (Å²) in [6, 6.07) is 0.0323. The summed E-state index contributed by atoms with van der Waals surface area (Å²) in [6.07, 6.45) is 3.08. The van der Waals surface area contributed by atoms with Gasteiger partial charge in [-0.05, 0) is 20.8 Å². The van der Waals surface area contributed by atoms with Crippen LogP contribution in [0.4, 0.5) is 5.69 Å². The Bertz CT molecular complexity index is 660. The summed E-state index contributed by atoms with van der Waals surface area (Å²) in [4.78, 5) is 16.2. The van der Waals surface area contributed by atoms with Crippen molar-refractivity contribution >= 4 is 22.7 Å². The van der Waals surface area contributed by atoms with Crippen molar-refractivity contribution in [3.8, 4) is 0 Å². The van der Waals surface area contributed by atoms with E-state index in [-0.39, 0.29) is 6.04 Å². The lowest BCUT2D eigenvalue weighted by Crippen LogP contribution is -2.06. The number of hydrogen-bond donors (Lipinski definition) is 0. The highest BCUT2D eigenvalue weighted by Crippen LogP contribution is 2.29. The molecule has 0 radical (unpaired) electrons. The van der Waals surface area contributed by atoms with E-state index in [2.05, 4.69) is 20.3 Å². The van der Waals surface area contributed by atoms with Gasteiger partial charge in [0, 0.05) is 13.2 Å². The summed E-state index contributed by atoms with van der Waals surface area (Å²) in [5.74, 6) is -0.455. The van der Waals surface area contributed by atoms with Gasteiger partial charge in [0.25, 0.3) is 0 Å². The largest absolute Gasteiger partial charge is 0.462 e. The third-order valence-electron chi connectivity index (χ3n) is 2.62. The molecule has 7 heteroatoms. The molecule has 0 bridgehead atoms. The molecule has 0 fully saturated rings. The number of carbonyl (C=O) groups excluding carboxylic acids is 1. The van der Waals surface area contributed by atoms with E-state index in [1.54, 1.807) is 24.9 Å². The molecule has 2 aromatic rings. The fraction of sp³-hybridized carbons (Fsp3) is 0.462. The molecule has 106 valence electrons. The number of azo groups is 1. The van der Waals surface area contributed by atoms with Crippen molar-refractivity contribution in [1.82, 2.24) is 14.8 Å². The Hall–Kier alpha value is -2.31. The molecule has 7 nitrogen and oxygen atoms in total. The fourth-order valence-electron chi connectivity index (χ4n) is 1.72. The fourth-order valence-corrected chi connectivity index (χ4v) is 1.72. The summed E-state index contributed by atoms with van der Waals surface area (Å²) in [5, 5.41) is 13.1. The molecule has 0 saturated carbocycles. The Kier molecular flexibility index (Phi) is 4.07. The SMILES string of the molecule is CCOC(=O)c1cnc2c(cnn2C)c1N=NC(C)C. The Morgan fingerprint density at radius 2 is 2.20 bits per heavy atom. The van der Waals surface area contributed by atoms with E-state index in [0.29, 0.717) is 28.9 Å². The highest BCUT2D eigenvalue weighted by Gasteiger charge is 2.18. The smallest absolute Gasteiger partial charge is 0.342 e. The maximum atomic E-state index is 12.0. The van der Waals surface area contributed by atoms with Gasteiger partial charge < -0.3 is 4.74 Å². The number of pyridine rings is 1. The van der Waals surface area contributed by atoms with Crippen molar-refractivity contribution in [2.75, 3.05) is 6.61 Å². The molecule has 0 atom stereocenters. The standard InChI is InChI=1S/C13H17N5O2/c1-5-20-13(19)10-6-14-12-9(7-15-18(12)4)11(10)17-16-8(2)3/h6-8H,5H2,1-4H3. The second-order valence-electron chi connectivity index (χ2n) is 4.56. The van der Waals surface area contributed by atoms with Crippen molar-refractivity contribution in [1.29, 1.82) is 0 Å². The topological polar surface area (TPSA) is 81.7 Å². The molecular weight excluding hydrogens is 258 g/mol. The minimum absolute atomic E-state index is 0.0323. The third-order valence-corrected chi connectivity index (χ3v) is 2.62. The second kappa shape index (κ2) is 5.77. The molecule has 0 saturated heterocycles. The number of nitrogens with zero attached hydrogens (tertiary/aromatic N) is 5. The number of esters is 1. The zero-order chi connectivity index (χ0) is 14.7. The monoisotopic (exact) mass is 275 g/mol. The van der Waals surface area contributed by atoms with Crippen LogP contribution >= 0.6 is 0 Å². The lowest BCUT2D eigenvalue weighted by atomic mass is 10.2. The van der Waals surface area contributed by atoms with Crippen LogP contribution in [0.1, 0.15) is 31.1 Å². The van der Waals surface area contributed by atoms with E-state index in [1.807, 2.05) is 13.8 Å². The average molecular weight is 275 g/mol. The van der Waals surface area contributed by atoms with Gasteiger partial charge in [0.2, 0.25) is 0 Å². The van der Waals surface area contributed by atoms with Crippen molar-refractivity contribution in [3.05, 3.63) is 18.0 Å². The first kappa shape index (κ1) is 14.1. The molecule has 2 aromatic heterocycles. The first-order valence-corrected chi connectivity index (χ1v) is 6.43. The lowest BCUT2D eigenvalue weighted by Gasteiger charge is -2.06. The molecule has 2 rings (SSSR count). The molecule has 0 aliphatic rings. The molecule has 0 amide bonds. The number of hydrogen-bond acceptors (Lipinski definition) is 6. The molecular formula is C13H17N5O2. The Morgan fingerprint density at radius 1 is 1.45 bits per heavy atom. The Balaban J connectivity index is 2.61. The van der Waals surface area contributed by atoms with E-state index in [1.165, 1.54) is 6.20 Å². The number of fused-ring (bicyclic) bond motifs is 1. The maximum absolute atomic E-state index is 12.0. The van der Waals surface area contributed by atoms with Gasteiger partial charge in [-0.25, -0.2) is 9.78 Å². The van der Waals surface area contributed by atoms with Crippen LogP contribution in [0.3, 0.4) is 0 Å². The van der Waals surface area contributed by atoms with E-state index in [9.17, 15) is 4.79 Å². The van der Waals surface area contributed by atoms with Crippen LogP contribution in [0.15, 0.2) is 22.6 Å². The highest BCUT2D eigenvalue weighted by molar-refractivity contribution is 6.02. The Labute approximate surface area is 116 Å². The number of carbonyl (C=O) groups is 1. The van der Waals surface area contributed by atoms with E-state index < -0.39 is 5.97 Å². The summed E-state index contributed by atoms with van der Waals surface area (Å²) >= 11 is 0. The van der Waals surface area contributed by atoms with Gasteiger partial charge in [0.05, 0.1) is 24.2 Å². The molecule has 0 aromatic carbocycles. The normalized spacial score (nSPS) is 11.7. The molecule has 20 heavy (non-hydrogen) atoms. The predicted molar refractivity (Wildman–Crippen MR) is 74.1 cm³/mol. The highest BCUT2D eigenvalue weighted by atomic mass is 16.5. The van der Waals surface area contributed by atoms with Crippen molar-refractivity contribution in [3.63, 3.8) is 0 Å². The molecule has 2 heterocycles. The number of aryl methyl sites for hydroxylation is 1. The van der Waals surface area contributed by atoms with Gasteiger partial charge in [0.15, 0.2) is 5.65 Å². The minimum Gasteiger partial charge on any atom is -0.462 e. The Morgan fingerprint density at radius 3 is 2.85 bits per heavy atom. The summed E-state index contributed by atoms with van der Waals surface area (Å²) in [6.45, 7) is 5.87. The zero-order valence-electron chi connectivity index (χ0n) is 12.0. The van der Waals surface area contributed by atoms with Gasteiger partial charge in [0.1, 0.15) is 11.3 Å². The average Bonchev–Trinajstić information content (AvgIpc) is 2.78. The molecule has 0 unspecified atom stereocenters. The maximum Gasteiger partial charge on any atom is 0.342 e. The van der Waals surface area contributed by atoms with Crippen LogP contribution in [-0.2, 0) is 11.8 Å². The quantitative estimate of drug-likeness (QED) is 0.634. The van der Waals surface area contributed by atoms with Crippen LogP contribution in [0.25, 0.3) is 11.0 Å². The molecule has 0 aliphatic carbocycles. The molecule has 0 N–H and O–H groups in total. The first-order valence-electron chi connectivity index (χ1n) is 6.43. The molecule has 0 spiro atoms. The predicted octanol–water partition coefficient (Wildman–Crippen LogP) is 2.64. The summed E-state index contributed by atoms with van der Waals surface area (Å²) < 4.78 is 6.65. The van der Waals surface area contributed by atoms with Crippen LogP contribution in [-0.4, -0.2) is 33.4 Å². The van der Waals surface area contributed by atoms with Gasteiger partial charge in [-0.1, -0.05) is 0 Å². The lowest BCUT2D eigenvalue weighted by molar-refractivity contribution is 0.0527. The third kappa shape index (κ3) is 2.66. The van der Waals surface area contributed by atoms with Crippen LogP contribution in [0.5, 0.6) is 0 Å². The van der Waals surface area contributed by atoms with Crippen molar-refractivity contribution in [2.24, 2.45) is 17.3 Å². The molecule has 0 aliphatic heterocycles. The first-order chi connectivity index (χ1) is 9.54. The number of rotatable bonds is 4. The van der Waals surface area contributed by atoms with Gasteiger partial charge >= 0.3 is 5.97 Å². The van der Waals surface area contributed by atoms with Gasteiger partial charge in [-0.3, -0.25) is 4.68 Å². The number of aromatic nitrogens is 3.